The number of hydrogen-bond acceptors (Lipinski definition) is 25. The topological polar surface area (TPSA) is 385 Å². The Morgan fingerprint density at radius 1 is 0.471 bits per heavy atom. The first kappa shape index (κ1) is 89.5. The van der Waals surface area contributed by atoms with Crippen LogP contribution in [0.4, 0.5) is 0 Å². The molecule has 10 saturated carbocycles. The van der Waals surface area contributed by atoms with E-state index in [0.717, 1.165) is 229 Å². The third kappa shape index (κ3) is 12.0. The third-order valence-corrected chi connectivity index (χ3v) is 40.8. The number of piperidine rings is 5. The summed E-state index contributed by atoms with van der Waals surface area (Å²) in [5.41, 5.74) is 11.3. The molecule has 5 aromatic carbocycles. The second kappa shape index (κ2) is 31.1. The molecule has 5 spiro atoms. The van der Waals surface area contributed by atoms with Crippen LogP contribution in [0, 0.1) is 29.6 Å². The number of methoxy groups -OCH3 is 1. The van der Waals surface area contributed by atoms with Crippen molar-refractivity contribution in [2.45, 2.75) is 346 Å². The number of hydrogen-bond donors (Lipinski definition) is 14. The first-order chi connectivity index (χ1) is 65.0. The van der Waals surface area contributed by atoms with Gasteiger partial charge in [-0.05, 0) is 294 Å². The first-order valence-corrected chi connectivity index (χ1v) is 51.7. The zero-order chi connectivity index (χ0) is 92.4. The largest absolute Gasteiger partial charge is 1.00 e. The molecule has 1 amide bonds. The number of aliphatic hydroxyl groups excluding tert-OH is 1. The molecule has 10 bridgehead atoms. The molecule has 27 nitrogen and oxygen atoms in total. The van der Waals surface area contributed by atoms with Gasteiger partial charge in [0.15, 0.2) is 69.4 Å². The monoisotopic (exact) mass is 1930 g/mol. The van der Waals surface area contributed by atoms with Crippen LogP contribution in [0.3, 0.4) is 0 Å². The second-order valence-electron chi connectivity index (χ2n) is 46.7. The van der Waals surface area contributed by atoms with Crippen LogP contribution in [0.2, 0.25) is 0 Å². The van der Waals surface area contributed by atoms with Crippen molar-refractivity contribution in [1.29, 1.82) is 0 Å². The molecule has 25 aliphatic rings. The van der Waals surface area contributed by atoms with Gasteiger partial charge in [0, 0.05) is 122 Å². The number of nitrogens with one attached hydrogen (secondary N) is 2. The predicted molar refractivity (Wildman–Crippen MR) is 494 cm³/mol. The number of nitrogens with two attached hydrogens (primary N) is 1. The number of carbonyl (C=O) groups excluding carboxylic acids is 3. The average Bonchev–Trinajstić information content (AvgIpc) is 1.13. The van der Waals surface area contributed by atoms with E-state index >= 15 is 0 Å². The van der Waals surface area contributed by atoms with E-state index in [9.17, 15) is 70.6 Å². The van der Waals surface area contributed by atoms with Gasteiger partial charge >= 0.3 is 5.97 Å². The van der Waals surface area contributed by atoms with Gasteiger partial charge < -0.3 is 118 Å². The molecule has 15 fully saturated rings. The van der Waals surface area contributed by atoms with E-state index < -0.39 is 91.4 Å². The predicted octanol–water partition coefficient (Wildman–Crippen LogP) is 4.17. The number of Topliss-reactive ketones (excluding diaryl/α,β-unsaturated/α-hetero) is 1. The SMILES string of the molecule is C=C1CC[C@@]2(O)[C@H]3Cc4ccc(O)c5c4[C@@]2(CCN3CC2CC2)C1O5.CC(C1CC1)[NH+]1CC[C@]23c4c5ccc(O)c4OC2C(=O)CC[C@@]3(O)[C@H]1C5.COC(=O)/C=C/C(=O)N[C@@H]1CC[C@@]2(O)[C@H]3Cc4ccc(O)c5c4[C@@]2(CCN3CC2CC2)C1O5.N[C@@H]1CC[C@@]2(O)[C@H]3Cc4ccc(O)c5c4[C@@]2(CCN3CC2CC2)C1O5.Oc1ccc2c3c1OC1[C@@H](O)CC[C@@]4(O)[C@@H](C2)N(CC2CCC2)CC[C@]314.[Br-]. The van der Waals surface area contributed by atoms with Gasteiger partial charge in [-0.15, -0.1) is 0 Å². The molecule has 10 aliphatic heterocycles. The van der Waals surface area contributed by atoms with E-state index in [2.05, 4.69) is 43.2 Å². The van der Waals surface area contributed by atoms with Gasteiger partial charge in [0.2, 0.25) is 5.91 Å². The van der Waals surface area contributed by atoms with Crippen LogP contribution < -0.4 is 56.6 Å². The Bertz CT molecular complexity index is 5840. The van der Waals surface area contributed by atoms with E-state index in [-0.39, 0.29) is 106 Å². The fourth-order valence-electron chi connectivity index (χ4n) is 33.8. The number of amides is 1. The lowest BCUT2D eigenvalue weighted by molar-refractivity contribution is -0.965. The molecule has 7 unspecified atom stereocenters. The van der Waals surface area contributed by atoms with Crippen LogP contribution in [0.25, 0.3) is 0 Å². The lowest BCUT2D eigenvalue weighted by Crippen LogP contribution is -3.24. The Morgan fingerprint density at radius 3 is 1.32 bits per heavy atom. The summed E-state index contributed by atoms with van der Waals surface area (Å²) in [6.07, 6.45) is 28.4. The van der Waals surface area contributed by atoms with Crippen molar-refractivity contribution in [3.8, 4) is 57.5 Å². The van der Waals surface area contributed by atoms with Crippen molar-refractivity contribution in [3.05, 3.63) is 141 Å². The lowest BCUT2D eigenvalue weighted by Gasteiger charge is -2.64. The number of carbonyl (C=O) groups is 3. The number of ether oxygens (including phenoxy) is 6. The normalized spacial score (nSPS) is 41.2. The van der Waals surface area contributed by atoms with E-state index in [4.69, 9.17) is 29.4 Å². The van der Waals surface area contributed by atoms with E-state index in [0.29, 0.717) is 79.7 Å². The zero-order valence-electron chi connectivity index (χ0n) is 78.2. The van der Waals surface area contributed by atoms with Gasteiger partial charge in [0.25, 0.3) is 0 Å². The zero-order valence-corrected chi connectivity index (χ0v) is 79.8. The molecular weight excluding hydrogens is 1800 g/mol. The molecular formula is C108H134BrN7O20. The maximum atomic E-state index is 12.8. The number of halogens is 1. The third-order valence-electron chi connectivity index (χ3n) is 40.8. The fraction of sp³-hybridized carbons (Fsp3) is 0.657. The molecule has 28 heteroatoms. The summed E-state index contributed by atoms with van der Waals surface area (Å²) in [5.74, 6) is 6.32. The number of rotatable bonds is 13. The van der Waals surface area contributed by atoms with E-state index in [1.807, 2.05) is 30.3 Å². The lowest BCUT2D eigenvalue weighted by atomic mass is 9.48. The Kier molecular flexibility index (Phi) is 20.5. The van der Waals surface area contributed by atoms with Crippen molar-refractivity contribution >= 4 is 17.7 Å². The molecule has 25 atom stereocenters. The number of phenols is 5. The van der Waals surface area contributed by atoms with Crippen molar-refractivity contribution in [2.75, 3.05) is 66.0 Å². The average molecular weight is 1930 g/mol. The number of aliphatic hydroxyl groups is 6. The van der Waals surface area contributed by atoms with Gasteiger partial charge in [0.1, 0.15) is 36.1 Å². The molecule has 5 aromatic rings. The van der Waals surface area contributed by atoms with E-state index in [1.54, 1.807) is 30.3 Å². The summed E-state index contributed by atoms with van der Waals surface area (Å²) < 4.78 is 35.7. The molecule has 10 heterocycles. The summed E-state index contributed by atoms with van der Waals surface area (Å²) in [7, 11) is 1.26. The number of esters is 1. The maximum absolute atomic E-state index is 12.8. The first-order valence-electron chi connectivity index (χ1n) is 51.7. The van der Waals surface area contributed by atoms with Gasteiger partial charge in [-0.2, -0.15) is 0 Å². The number of ketones is 1. The minimum atomic E-state index is -0.986. The fourth-order valence-corrected chi connectivity index (χ4v) is 33.8. The van der Waals surface area contributed by atoms with E-state index in [1.165, 1.54) is 99.3 Å². The molecule has 0 radical (unpaired) electrons. The molecule has 0 aromatic heterocycles. The number of benzene rings is 5. The number of likely N-dealkylation sites (tertiary alicyclic amines) is 5. The van der Waals surface area contributed by atoms with Crippen LogP contribution in [0.15, 0.2) is 85.0 Å². The standard InChI is InChI=1S/C25H30N2O6.C21H25NO4.C21H27NO4.C21H25NO3.C20H26N2O3.BrH/c1-32-20(30)7-6-19(29)26-16-8-9-25(31)18-12-15-4-5-17(28)22-21(15)24(25,23(16)33-22)10-11-27(18)13-14-2-3-14;1-11(12-2-3-12)22-9-8-20-17-13-4-5-14(23)18(17)26-19(20)15(24)6-7-21(20,25)16(22)10-13;23-14-5-4-13-10-16-21(25)7-6-15(24)19-20(21,17(13)18(14)26-19)8-9-22(16)11-12-2-1-3-12;1-12-6-7-21(24)16-10-14-4-5-15(23)18-17(14)20(21,19(12)25-18)8-9-22(16)11-13-2-3-13;21-13-5-6-20(24)15-9-12-3-4-14(23)17-16(12)19(20,18(13)25-17)7-8-22(15)10-11-1-2-11;/h4-7,14,16,18,23,28,31H,2-3,8-13H2,1H3,(H,26,29);4-5,11-12,16,19,23,25H,2-3,6-10H2,1H3;4-5,12,15-16,19,23-25H,1-3,6-11H2;4-5,13,16,19,23-24H,1-3,6-11H2;3-4,11,13,15,18,23-24H,1-2,5-10,21H2;1H/b7-6+;;;;;/t16-,18-,23?,24+,25-;11?,16-,19?,20+,21-;15-,16+,19?,20-,21+;16-,19?,20+,21-;13-,15-,18?,19+,20-;/m11011./s1. The summed E-state index contributed by atoms with van der Waals surface area (Å²) in [5, 5.41) is 127. The smallest absolute Gasteiger partial charge is 0.330 e. The van der Waals surface area contributed by atoms with Gasteiger partial charge in [0.05, 0.1) is 81.3 Å². The van der Waals surface area contributed by atoms with Gasteiger partial charge in [-0.3, -0.25) is 29.2 Å². The molecule has 5 saturated heterocycles. The Balaban J connectivity index is 0.0000000907. The Labute approximate surface area is 804 Å². The second-order valence-corrected chi connectivity index (χ2v) is 46.7. The number of nitrogens with zero attached hydrogens (tertiary/aromatic N) is 4. The number of quaternary nitrogens is 1. The van der Waals surface area contributed by atoms with Gasteiger partial charge in [-0.25, -0.2) is 4.79 Å². The summed E-state index contributed by atoms with van der Waals surface area (Å²) >= 11 is 0. The minimum Gasteiger partial charge on any atom is -1.00 e. The van der Waals surface area contributed by atoms with Crippen molar-refractivity contribution < 1.29 is 121 Å². The molecule has 15 aliphatic carbocycles. The van der Waals surface area contributed by atoms with Crippen LogP contribution in [0.5, 0.6) is 57.5 Å². The number of phenolic OH excluding ortho intramolecular Hbond substituents is 5. The van der Waals surface area contributed by atoms with Crippen LogP contribution in [-0.4, -0.2) is 272 Å². The van der Waals surface area contributed by atoms with Crippen LogP contribution >= 0.6 is 0 Å². The molecule has 30 rings (SSSR count). The summed E-state index contributed by atoms with van der Waals surface area (Å²) in [6, 6.07) is 19.2. The highest BCUT2D eigenvalue weighted by molar-refractivity contribution is 5.95. The van der Waals surface area contributed by atoms with Crippen molar-refractivity contribution in [2.24, 2.45) is 35.3 Å². The summed E-state index contributed by atoms with van der Waals surface area (Å²) in [6.45, 7) is 15.7. The molecule has 136 heavy (non-hydrogen) atoms. The van der Waals surface area contributed by atoms with Gasteiger partial charge in [-0.1, -0.05) is 43.3 Å². The van der Waals surface area contributed by atoms with Crippen molar-refractivity contribution in [1.82, 2.24) is 24.9 Å². The highest BCUT2D eigenvalue weighted by atomic mass is 79.9. The molecule has 728 valence electrons. The Morgan fingerprint density at radius 2 is 0.860 bits per heavy atom. The maximum Gasteiger partial charge on any atom is 0.330 e. The van der Waals surface area contributed by atoms with Crippen LogP contribution in [-0.2, 0) is 78.3 Å². The highest BCUT2D eigenvalue weighted by Crippen LogP contribution is 2.73. The molecule has 15 N–H and O–H groups in total. The number of aromatic hydroxyl groups is 5. The minimum absolute atomic E-state index is 0. The Hall–Kier alpha value is -7.81. The highest BCUT2D eigenvalue weighted by Gasteiger charge is 2.80. The van der Waals surface area contributed by atoms with Crippen LogP contribution in [0.1, 0.15) is 229 Å². The van der Waals surface area contributed by atoms with Crippen molar-refractivity contribution in [3.63, 3.8) is 0 Å². The summed E-state index contributed by atoms with van der Waals surface area (Å²) in [4.78, 5) is 48.4. The quantitative estimate of drug-likeness (QED) is 0.0447.